The van der Waals surface area contributed by atoms with Gasteiger partial charge in [0, 0.05) is 19.5 Å². The van der Waals surface area contributed by atoms with Crippen LogP contribution in [0.25, 0.3) is 0 Å². The Bertz CT molecular complexity index is 811. The summed E-state index contributed by atoms with van der Waals surface area (Å²) < 4.78 is 10.3. The highest BCUT2D eigenvalue weighted by Crippen LogP contribution is 2.16. The van der Waals surface area contributed by atoms with E-state index in [4.69, 9.17) is 9.15 Å². The highest BCUT2D eigenvalue weighted by atomic mass is 16.5. The molecule has 7 nitrogen and oxygen atoms in total. The van der Waals surface area contributed by atoms with E-state index in [0.717, 1.165) is 18.4 Å². The van der Waals surface area contributed by atoms with Crippen LogP contribution in [0.5, 0.6) is 0 Å². The predicted molar refractivity (Wildman–Crippen MR) is 106 cm³/mol. The monoisotopic (exact) mass is 398 g/mol. The maximum absolute atomic E-state index is 12.7. The van der Waals surface area contributed by atoms with Gasteiger partial charge in [0.1, 0.15) is 6.04 Å². The van der Waals surface area contributed by atoms with E-state index < -0.39 is 17.9 Å². The molecule has 2 aromatic rings. The van der Waals surface area contributed by atoms with Crippen LogP contribution >= 0.6 is 0 Å². The standard InChI is InChI=1S/C22H26N2O5/c1-16-9-11-24(12-10-16)20(25)15-29-22(27)18(14-17-6-3-2-4-7-17)23-21(26)19-8-5-13-28-19/h2-8,13,16,18H,9-12,14-15H2,1H3,(H,23,26). The molecule has 0 spiro atoms. The van der Waals surface area contributed by atoms with Gasteiger partial charge in [-0.15, -0.1) is 0 Å². The van der Waals surface area contributed by atoms with Gasteiger partial charge >= 0.3 is 5.97 Å². The number of piperidine rings is 1. The summed E-state index contributed by atoms with van der Waals surface area (Å²) in [7, 11) is 0. The first-order valence-electron chi connectivity index (χ1n) is 9.85. The lowest BCUT2D eigenvalue weighted by Crippen LogP contribution is -2.45. The minimum Gasteiger partial charge on any atom is -0.459 e. The van der Waals surface area contributed by atoms with E-state index >= 15 is 0 Å². The van der Waals surface area contributed by atoms with E-state index in [1.54, 1.807) is 11.0 Å². The molecule has 1 saturated heterocycles. The Morgan fingerprint density at radius 3 is 2.52 bits per heavy atom. The van der Waals surface area contributed by atoms with Crippen molar-refractivity contribution in [3.8, 4) is 0 Å². The van der Waals surface area contributed by atoms with E-state index in [-0.39, 0.29) is 24.7 Å². The van der Waals surface area contributed by atoms with Crippen LogP contribution in [0.3, 0.4) is 0 Å². The lowest BCUT2D eigenvalue weighted by atomic mass is 9.99. The maximum atomic E-state index is 12.7. The van der Waals surface area contributed by atoms with E-state index in [9.17, 15) is 14.4 Å². The summed E-state index contributed by atoms with van der Waals surface area (Å²) in [6.45, 7) is 3.20. The Hall–Kier alpha value is -3.09. The molecule has 154 valence electrons. The number of rotatable bonds is 7. The van der Waals surface area contributed by atoms with E-state index in [1.165, 1.54) is 12.3 Å². The van der Waals surface area contributed by atoms with Crippen LogP contribution in [0.1, 0.15) is 35.9 Å². The fourth-order valence-electron chi connectivity index (χ4n) is 3.26. The molecule has 1 aromatic heterocycles. The average Bonchev–Trinajstić information content (AvgIpc) is 3.27. The summed E-state index contributed by atoms with van der Waals surface area (Å²) in [6.07, 6.45) is 3.55. The van der Waals surface area contributed by atoms with Crippen molar-refractivity contribution in [3.05, 3.63) is 60.1 Å². The van der Waals surface area contributed by atoms with Crippen molar-refractivity contribution in [1.29, 1.82) is 0 Å². The molecule has 29 heavy (non-hydrogen) atoms. The van der Waals surface area contributed by atoms with Gasteiger partial charge in [0.15, 0.2) is 12.4 Å². The van der Waals surface area contributed by atoms with Crippen LogP contribution in [0.2, 0.25) is 0 Å². The number of likely N-dealkylation sites (tertiary alicyclic amines) is 1. The molecule has 1 aromatic carbocycles. The second-order valence-electron chi connectivity index (χ2n) is 7.36. The van der Waals surface area contributed by atoms with Crippen molar-refractivity contribution >= 4 is 17.8 Å². The number of hydrogen-bond acceptors (Lipinski definition) is 5. The first kappa shape index (κ1) is 20.6. The molecule has 1 unspecified atom stereocenters. The highest BCUT2D eigenvalue weighted by molar-refractivity contribution is 5.94. The van der Waals surface area contributed by atoms with E-state index in [1.807, 2.05) is 30.3 Å². The van der Waals surface area contributed by atoms with Gasteiger partial charge in [-0.2, -0.15) is 0 Å². The minimum absolute atomic E-state index is 0.106. The second kappa shape index (κ2) is 9.91. The summed E-state index contributed by atoms with van der Waals surface area (Å²) in [5.74, 6) is -0.652. The number of nitrogens with zero attached hydrogens (tertiary/aromatic N) is 1. The van der Waals surface area contributed by atoms with Crippen molar-refractivity contribution in [1.82, 2.24) is 10.2 Å². The van der Waals surface area contributed by atoms with Crippen LogP contribution < -0.4 is 5.32 Å². The Balaban J connectivity index is 1.60. The SMILES string of the molecule is CC1CCN(C(=O)COC(=O)C(Cc2ccccc2)NC(=O)c2ccco2)CC1. The van der Waals surface area contributed by atoms with Crippen LogP contribution in [0, 0.1) is 5.92 Å². The number of carbonyl (C=O) groups is 3. The number of nitrogens with one attached hydrogen (secondary N) is 1. The third-order valence-corrected chi connectivity index (χ3v) is 5.09. The van der Waals surface area contributed by atoms with E-state index in [2.05, 4.69) is 12.2 Å². The van der Waals surface area contributed by atoms with Gasteiger partial charge in [0.05, 0.1) is 6.26 Å². The fourth-order valence-corrected chi connectivity index (χ4v) is 3.26. The zero-order valence-electron chi connectivity index (χ0n) is 16.5. The molecule has 3 rings (SSSR count). The molecule has 0 aliphatic carbocycles. The van der Waals surface area contributed by atoms with Crippen molar-refractivity contribution in [2.45, 2.75) is 32.2 Å². The summed E-state index contributed by atoms with van der Waals surface area (Å²) in [5, 5.41) is 2.64. The molecule has 0 bridgehead atoms. The number of furan rings is 1. The lowest BCUT2D eigenvalue weighted by molar-refractivity contribution is -0.154. The number of carbonyl (C=O) groups excluding carboxylic acids is 3. The van der Waals surface area contributed by atoms with Crippen molar-refractivity contribution in [3.63, 3.8) is 0 Å². The molecular weight excluding hydrogens is 372 g/mol. The number of esters is 1. The van der Waals surface area contributed by atoms with Gasteiger partial charge in [-0.3, -0.25) is 9.59 Å². The summed E-state index contributed by atoms with van der Waals surface area (Å²) in [6, 6.07) is 11.5. The third kappa shape index (κ3) is 5.94. The van der Waals surface area contributed by atoms with Gasteiger partial charge in [-0.05, 0) is 36.5 Å². The molecular formula is C22H26N2O5. The smallest absolute Gasteiger partial charge is 0.329 e. The Labute approximate surface area is 170 Å². The number of hydrogen-bond donors (Lipinski definition) is 1. The average molecular weight is 398 g/mol. The predicted octanol–water partition coefficient (Wildman–Crippen LogP) is 2.42. The normalized spacial score (nSPS) is 15.6. The molecule has 0 radical (unpaired) electrons. The third-order valence-electron chi connectivity index (χ3n) is 5.09. The van der Waals surface area contributed by atoms with E-state index in [0.29, 0.717) is 19.0 Å². The molecule has 2 heterocycles. The summed E-state index contributed by atoms with van der Waals surface area (Å²) in [5.41, 5.74) is 0.866. The lowest BCUT2D eigenvalue weighted by Gasteiger charge is -2.30. The Kier molecular flexibility index (Phi) is 7.05. The fraction of sp³-hybridized carbons (Fsp3) is 0.409. The summed E-state index contributed by atoms with van der Waals surface area (Å²) in [4.78, 5) is 39.1. The van der Waals surface area contributed by atoms with Gasteiger partial charge in [0.25, 0.3) is 11.8 Å². The van der Waals surface area contributed by atoms with Gasteiger partial charge in [-0.25, -0.2) is 4.79 Å². The van der Waals surface area contributed by atoms with Gasteiger partial charge in [0.2, 0.25) is 0 Å². The highest BCUT2D eigenvalue weighted by Gasteiger charge is 2.27. The molecule has 1 atom stereocenters. The zero-order valence-corrected chi connectivity index (χ0v) is 16.5. The quantitative estimate of drug-likeness (QED) is 0.724. The van der Waals surface area contributed by atoms with Gasteiger partial charge < -0.3 is 19.4 Å². The molecule has 0 saturated carbocycles. The number of benzene rings is 1. The van der Waals surface area contributed by atoms with Crippen molar-refractivity contribution in [2.24, 2.45) is 5.92 Å². The van der Waals surface area contributed by atoms with Crippen LogP contribution in [-0.4, -0.2) is 48.4 Å². The molecule has 1 N–H and O–H groups in total. The van der Waals surface area contributed by atoms with Crippen LogP contribution in [-0.2, 0) is 20.7 Å². The number of ether oxygens (including phenoxy) is 1. The number of amides is 2. The molecule has 7 heteroatoms. The minimum atomic E-state index is -0.927. The zero-order chi connectivity index (χ0) is 20.6. The Morgan fingerprint density at radius 2 is 1.86 bits per heavy atom. The summed E-state index contributed by atoms with van der Waals surface area (Å²) >= 11 is 0. The largest absolute Gasteiger partial charge is 0.459 e. The first-order chi connectivity index (χ1) is 14.0. The maximum Gasteiger partial charge on any atom is 0.329 e. The van der Waals surface area contributed by atoms with Crippen LogP contribution in [0.15, 0.2) is 53.1 Å². The Morgan fingerprint density at radius 1 is 1.14 bits per heavy atom. The molecule has 1 aliphatic rings. The first-order valence-corrected chi connectivity index (χ1v) is 9.85. The second-order valence-corrected chi connectivity index (χ2v) is 7.36. The van der Waals surface area contributed by atoms with Gasteiger partial charge in [-0.1, -0.05) is 37.3 Å². The molecule has 2 amide bonds. The molecule has 1 aliphatic heterocycles. The van der Waals surface area contributed by atoms with Crippen molar-refractivity contribution < 1.29 is 23.5 Å². The topological polar surface area (TPSA) is 88.9 Å². The van der Waals surface area contributed by atoms with Crippen molar-refractivity contribution in [2.75, 3.05) is 19.7 Å². The van der Waals surface area contributed by atoms with Crippen LogP contribution in [0.4, 0.5) is 0 Å². The molecule has 1 fully saturated rings.